The van der Waals surface area contributed by atoms with E-state index in [4.69, 9.17) is 0 Å². The molecule has 0 unspecified atom stereocenters. The molecule has 220 valence electrons. The van der Waals surface area contributed by atoms with Crippen LogP contribution in [0, 0.1) is 12.7 Å². The van der Waals surface area contributed by atoms with E-state index in [9.17, 15) is 17.6 Å². The van der Waals surface area contributed by atoms with Crippen molar-refractivity contribution in [2.24, 2.45) is 0 Å². The van der Waals surface area contributed by atoms with Crippen LogP contribution < -0.4 is 10.2 Å². The lowest BCUT2D eigenvalue weighted by Gasteiger charge is -2.37. The van der Waals surface area contributed by atoms with Gasteiger partial charge in [-0.1, -0.05) is 25.1 Å². The van der Waals surface area contributed by atoms with Crippen molar-refractivity contribution >= 4 is 27.1 Å². The van der Waals surface area contributed by atoms with Gasteiger partial charge >= 0.3 is 0 Å². The number of amides is 1. The summed E-state index contributed by atoms with van der Waals surface area (Å²) < 4.78 is 38.8. The molecule has 5 rings (SSSR count). The predicted molar refractivity (Wildman–Crippen MR) is 163 cm³/mol. The van der Waals surface area contributed by atoms with Crippen LogP contribution in [0.2, 0.25) is 0 Å². The third-order valence-corrected chi connectivity index (χ3v) is 9.71. The van der Waals surface area contributed by atoms with E-state index in [-0.39, 0.29) is 29.2 Å². The summed E-state index contributed by atoms with van der Waals surface area (Å²) in [5.41, 5.74) is 3.38. The van der Waals surface area contributed by atoms with Gasteiger partial charge in [0.25, 0.3) is 0 Å². The predicted octanol–water partition coefficient (Wildman–Crippen LogP) is 5.22. The Morgan fingerprint density at radius 2 is 1.39 bits per heavy atom. The molecule has 0 bridgehead atoms. The van der Waals surface area contributed by atoms with Crippen LogP contribution >= 0.6 is 0 Å². The summed E-state index contributed by atoms with van der Waals surface area (Å²) in [5, 5.41) is 3.48. The minimum Gasteiger partial charge on any atom is -0.382 e. The van der Waals surface area contributed by atoms with Gasteiger partial charge in [-0.3, -0.25) is 9.69 Å². The number of sulfone groups is 1. The van der Waals surface area contributed by atoms with E-state index in [1.807, 2.05) is 4.90 Å². The molecule has 2 saturated heterocycles. The normalized spacial score (nSPS) is 16.7. The van der Waals surface area contributed by atoms with Gasteiger partial charge in [0.2, 0.25) is 15.7 Å². The van der Waals surface area contributed by atoms with Gasteiger partial charge in [-0.15, -0.1) is 0 Å². The number of carbonyl (C=O) groups excluding carboxylic acids is 1. The second kappa shape index (κ2) is 13.5. The van der Waals surface area contributed by atoms with E-state index in [1.54, 1.807) is 24.3 Å². The van der Waals surface area contributed by atoms with E-state index in [0.717, 1.165) is 63.4 Å². The van der Waals surface area contributed by atoms with Crippen molar-refractivity contribution < 1.29 is 17.6 Å². The highest BCUT2D eigenvalue weighted by Crippen LogP contribution is 2.24. The lowest BCUT2D eigenvalue weighted by Crippen LogP contribution is -2.48. The van der Waals surface area contributed by atoms with Crippen molar-refractivity contribution in [3.63, 3.8) is 0 Å². The molecule has 41 heavy (non-hydrogen) atoms. The Labute approximate surface area is 243 Å². The molecule has 1 amide bonds. The minimum atomic E-state index is -3.70. The lowest BCUT2D eigenvalue weighted by molar-refractivity contribution is -0.132. The van der Waals surface area contributed by atoms with Gasteiger partial charge in [0.15, 0.2) is 0 Å². The first-order chi connectivity index (χ1) is 19.3. The number of nitrogens with zero attached hydrogens (tertiary/aromatic N) is 3. The topological polar surface area (TPSA) is 73.0 Å². The van der Waals surface area contributed by atoms with Crippen LogP contribution in [-0.4, -0.2) is 76.0 Å². The number of piperidine rings is 1. The Morgan fingerprint density at radius 1 is 0.829 bits per heavy atom. The average Bonchev–Trinajstić information content (AvgIpc) is 2.97. The zero-order chi connectivity index (χ0) is 28.1. The van der Waals surface area contributed by atoms with Crippen LogP contribution in [0.5, 0.6) is 0 Å². The monoisotopic (exact) mass is 580 g/mol. The molecule has 3 aromatic rings. The summed E-state index contributed by atoms with van der Waals surface area (Å²) in [7, 11) is -3.70. The zero-order valence-corrected chi connectivity index (χ0v) is 23.7. The number of piperazine rings is 1. The van der Waals surface area contributed by atoms with Crippen molar-refractivity contribution in [1.29, 1.82) is 0 Å². The van der Waals surface area contributed by atoms with Crippen molar-refractivity contribution in [1.82, 2.24) is 9.80 Å². The Kier molecular flexibility index (Phi) is 10.0. The van der Waals surface area contributed by atoms with Gasteiger partial charge < -0.3 is 15.1 Å². The summed E-state index contributed by atoms with van der Waals surface area (Å²) in [6.45, 7) is 8.23. The number of aryl methyl sites for hydroxylation is 1. The highest BCUT2D eigenvalue weighted by Gasteiger charge is 2.24. The molecule has 7 nitrogen and oxygen atoms in total. The van der Waals surface area contributed by atoms with Crippen LogP contribution in [0.3, 0.4) is 0 Å². The Bertz CT molecular complexity index is 1380. The third kappa shape index (κ3) is 7.65. The summed E-state index contributed by atoms with van der Waals surface area (Å²) in [6, 6.07) is 20.4. The molecule has 2 heterocycles. The summed E-state index contributed by atoms with van der Waals surface area (Å²) in [6.07, 6.45) is 2.24. The van der Waals surface area contributed by atoms with Gasteiger partial charge in [0, 0.05) is 69.7 Å². The van der Waals surface area contributed by atoms with Gasteiger partial charge in [-0.25, -0.2) is 12.8 Å². The number of benzene rings is 3. The smallest absolute Gasteiger partial charge is 0.223 e. The molecule has 9 heteroatoms. The Morgan fingerprint density at radius 3 is 1.98 bits per heavy atom. The number of halogens is 1. The quantitative estimate of drug-likeness (QED) is 0.369. The maximum absolute atomic E-state index is 13.2. The number of hydrogen-bond donors (Lipinski definition) is 1. The van der Waals surface area contributed by atoms with E-state index in [1.165, 1.54) is 23.4 Å². The molecular weight excluding hydrogens is 539 g/mol. The van der Waals surface area contributed by atoms with Gasteiger partial charge in [-0.2, -0.15) is 0 Å². The van der Waals surface area contributed by atoms with E-state index >= 15 is 0 Å². The van der Waals surface area contributed by atoms with Crippen molar-refractivity contribution in [2.75, 3.05) is 56.0 Å². The molecule has 0 radical (unpaired) electrons. The molecule has 3 aromatic carbocycles. The van der Waals surface area contributed by atoms with Crippen LogP contribution in [-0.2, 0) is 14.6 Å². The van der Waals surface area contributed by atoms with Crippen LogP contribution in [0.25, 0.3) is 0 Å². The molecule has 0 saturated carbocycles. The average molecular weight is 581 g/mol. The summed E-state index contributed by atoms with van der Waals surface area (Å²) in [4.78, 5) is 19.9. The summed E-state index contributed by atoms with van der Waals surface area (Å²) >= 11 is 0. The molecule has 2 aliphatic rings. The number of likely N-dealkylation sites (tertiary alicyclic amines) is 1. The fourth-order valence-corrected chi connectivity index (χ4v) is 6.65. The molecule has 0 aliphatic carbocycles. The molecule has 0 atom stereocenters. The Balaban J connectivity index is 0.00000387. The highest BCUT2D eigenvalue weighted by atomic mass is 32.2. The third-order valence-electron chi connectivity index (χ3n) is 7.92. The standard InChI is InChI=1S/C31H37FN4O3S.CH4/c1-24-2-8-28(9-3-24)35-22-20-34(21-23-35)17-16-31(37)36-18-14-27(15-19-36)33-26-6-12-30(13-7-26)40(38,39)29-10-4-25(32)5-11-29;/h2-13,27,33H,14-23H2,1H3;1H4. The van der Waals surface area contributed by atoms with E-state index in [2.05, 4.69) is 46.3 Å². The highest BCUT2D eigenvalue weighted by molar-refractivity contribution is 7.91. The van der Waals surface area contributed by atoms with Crippen molar-refractivity contribution in [3.8, 4) is 0 Å². The number of carbonyl (C=O) groups is 1. The number of rotatable bonds is 8. The van der Waals surface area contributed by atoms with Gasteiger partial charge in [0.1, 0.15) is 5.82 Å². The molecule has 2 fully saturated rings. The number of anilines is 2. The number of hydrogen-bond acceptors (Lipinski definition) is 6. The molecule has 2 aliphatic heterocycles. The van der Waals surface area contributed by atoms with Crippen molar-refractivity contribution in [2.45, 2.75) is 49.4 Å². The van der Waals surface area contributed by atoms with Gasteiger partial charge in [-0.05, 0) is 80.4 Å². The van der Waals surface area contributed by atoms with Crippen LogP contribution in [0.1, 0.15) is 32.3 Å². The van der Waals surface area contributed by atoms with Crippen LogP contribution in [0.4, 0.5) is 15.8 Å². The fraction of sp³-hybridized carbons (Fsp3) is 0.406. The first-order valence-electron chi connectivity index (χ1n) is 14.0. The van der Waals surface area contributed by atoms with E-state index in [0.29, 0.717) is 19.5 Å². The van der Waals surface area contributed by atoms with E-state index < -0.39 is 15.7 Å². The first kappa shape index (κ1) is 30.5. The molecule has 0 spiro atoms. The van der Waals surface area contributed by atoms with Crippen LogP contribution in [0.15, 0.2) is 82.6 Å². The maximum Gasteiger partial charge on any atom is 0.223 e. The molecule has 1 N–H and O–H groups in total. The first-order valence-corrected chi connectivity index (χ1v) is 15.5. The Hall–Kier alpha value is -3.43. The SMILES string of the molecule is C.Cc1ccc(N2CCN(CCC(=O)N3CCC(Nc4ccc(S(=O)(=O)c5ccc(F)cc5)cc4)CC3)CC2)cc1. The number of nitrogens with one attached hydrogen (secondary N) is 1. The second-order valence-corrected chi connectivity index (χ2v) is 12.6. The molecule has 0 aromatic heterocycles. The van der Waals surface area contributed by atoms with Gasteiger partial charge in [0.05, 0.1) is 9.79 Å². The zero-order valence-electron chi connectivity index (χ0n) is 22.9. The summed E-state index contributed by atoms with van der Waals surface area (Å²) in [5.74, 6) is -0.256. The lowest BCUT2D eigenvalue weighted by atomic mass is 10.0. The van der Waals surface area contributed by atoms with Crippen molar-refractivity contribution in [3.05, 3.63) is 84.2 Å². The largest absolute Gasteiger partial charge is 0.382 e. The molecular formula is C32H41FN4O3S. The second-order valence-electron chi connectivity index (χ2n) is 10.7. The maximum atomic E-state index is 13.2. The minimum absolute atomic E-state index is 0. The fourth-order valence-electron chi connectivity index (χ4n) is 5.39.